The van der Waals surface area contributed by atoms with Gasteiger partial charge in [-0.05, 0) is 19.9 Å². The monoisotopic (exact) mass is 207 g/mol. The van der Waals surface area contributed by atoms with E-state index in [9.17, 15) is 4.79 Å². The Labute approximate surface area is 88.2 Å². The first-order valence-electron chi connectivity index (χ1n) is 4.76. The Morgan fingerprint density at radius 2 is 2.33 bits per heavy atom. The maximum absolute atomic E-state index is 11.3. The normalized spacial score (nSPS) is 17.3. The van der Waals surface area contributed by atoms with Crippen molar-refractivity contribution in [2.24, 2.45) is 0 Å². The molecule has 0 N–H and O–H groups in total. The Bertz CT molecular complexity index is 412. The van der Waals surface area contributed by atoms with Crippen molar-refractivity contribution < 1.29 is 14.3 Å². The largest absolute Gasteiger partial charge is 0.465 e. The first-order chi connectivity index (χ1) is 7.04. The van der Waals surface area contributed by atoms with Crippen LogP contribution in [0.3, 0.4) is 0 Å². The van der Waals surface area contributed by atoms with Crippen LogP contribution in [0.2, 0.25) is 0 Å². The summed E-state index contributed by atoms with van der Waals surface area (Å²) in [5.41, 5.74) is 1.97. The molecule has 0 radical (unpaired) electrons. The highest BCUT2D eigenvalue weighted by atomic mass is 16.5. The molecule has 15 heavy (non-hydrogen) atoms. The molecular formula is C11H13NO3. The standard InChI is InChI=1S/C11H13NO3/c1-11(2)9-8(6-15-11)4-7(5-12-9)10(13)14-3/h4-5H,6H2,1-3H3. The van der Waals surface area contributed by atoms with Gasteiger partial charge in [0.1, 0.15) is 5.60 Å². The molecular weight excluding hydrogens is 194 g/mol. The summed E-state index contributed by atoms with van der Waals surface area (Å²) in [6.07, 6.45) is 1.53. The number of carbonyl (C=O) groups is 1. The predicted molar refractivity (Wildman–Crippen MR) is 53.4 cm³/mol. The molecule has 2 rings (SSSR count). The molecule has 0 atom stereocenters. The van der Waals surface area contributed by atoms with Crippen LogP contribution >= 0.6 is 0 Å². The van der Waals surface area contributed by atoms with E-state index in [0.29, 0.717) is 12.2 Å². The minimum atomic E-state index is -0.366. The van der Waals surface area contributed by atoms with Crippen LogP contribution in [0, 0.1) is 0 Å². The number of nitrogens with zero attached hydrogens (tertiary/aromatic N) is 1. The van der Waals surface area contributed by atoms with Crippen molar-refractivity contribution in [3.8, 4) is 0 Å². The third-order valence-corrected chi connectivity index (χ3v) is 2.55. The van der Waals surface area contributed by atoms with Gasteiger partial charge in [-0.3, -0.25) is 4.98 Å². The number of hydrogen-bond acceptors (Lipinski definition) is 4. The average Bonchev–Trinajstić information content (AvgIpc) is 2.53. The van der Waals surface area contributed by atoms with Gasteiger partial charge in [0.2, 0.25) is 0 Å². The summed E-state index contributed by atoms with van der Waals surface area (Å²) in [6.45, 7) is 4.42. The Kier molecular flexibility index (Phi) is 2.23. The zero-order valence-corrected chi connectivity index (χ0v) is 9.03. The Morgan fingerprint density at radius 3 is 3.00 bits per heavy atom. The van der Waals surface area contributed by atoms with E-state index in [0.717, 1.165) is 11.3 Å². The summed E-state index contributed by atoms with van der Waals surface area (Å²) in [5.74, 6) is -0.366. The van der Waals surface area contributed by atoms with E-state index in [2.05, 4.69) is 9.72 Å². The molecule has 2 heterocycles. The maximum atomic E-state index is 11.3. The molecule has 1 aliphatic rings. The predicted octanol–water partition coefficient (Wildman–Crippen LogP) is 1.63. The first-order valence-corrected chi connectivity index (χ1v) is 4.76. The number of carbonyl (C=O) groups excluding carboxylic acids is 1. The van der Waals surface area contributed by atoms with Crippen molar-refractivity contribution in [2.75, 3.05) is 7.11 Å². The number of esters is 1. The SMILES string of the molecule is COC(=O)c1cnc2c(c1)COC2(C)C. The number of ether oxygens (including phenoxy) is 2. The molecule has 0 spiro atoms. The van der Waals surface area contributed by atoms with Crippen LogP contribution in [-0.4, -0.2) is 18.1 Å². The van der Waals surface area contributed by atoms with Gasteiger partial charge in [-0.2, -0.15) is 0 Å². The molecule has 0 fully saturated rings. The number of hydrogen-bond donors (Lipinski definition) is 0. The summed E-state index contributed by atoms with van der Waals surface area (Å²) < 4.78 is 10.2. The molecule has 1 aromatic heterocycles. The third-order valence-electron chi connectivity index (χ3n) is 2.55. The van der Waals surface area contributed by atoms with Gasteiger partial charge in [-0.1, -0.05) is 0 Å². The molecule has 4 heteroatoms. The molecule has 80 valence electrons. The molecule has 0 bridgehead atoms. The lowest BCUT2D eigenvalue weighted by atomic mass is 10.0. The molecule has 0 amide bonds. The third kappa shape index (κ3) is 1.61. The number of aromatic nitrogens is 1. The van der Waals surface area contributed by atoms with Gasteiger partial charge in [0.25, 0.3) is 0 Å². The Balaban J connectivity index is 2.42. The van der Waals surface area contributed by atoms with Crippen LogP contribution in [0.5, 0.6) is 0 Å². The van der Waals surface area contributed by atoms with Crippen LogP contribution in [0.15, 0.2) is 12.3 Å². The van der Waals surface area contributed by atoms with Crippen molar-refractivity contribution in [2.45, 2.75) is 26.1 Å². The molecule has 1 aromatic rings. The summed E-state index contributed by atoms with van der Waals surface area (Å²) >= 11 is 0. The molecule has 0 unspecified atom stereocenters. The quantitative estimate of drug-likeness (QED) is 0.657. The lowest BCUT2D eigenvalue weighted by Crippen LogP contribution is -2.16. The summed E-state index contributed by atoms with van der Waals surface area (Å²) in [6, 6.07) is 1.78. The summed E-state index contributed by atoms with van der Waals surface area (Å²) in [5, 5.41) is 0. The van der Waals surface area contributed by atoms with Crippen LogP contribution in [0.25, 0.3) is 0 Å². The van der Waals surface area contributed by atoms with Gasteiger partial charge < -0.3 is 9.47 Å². The highest BCUT2D eigenvalue weighted by Gasteiger charge is 2.32. The Hall–Kier alpha value is -1.42. The minimum Gasteiger partial charge on any atom is -0.465 e. The topological polar surface area (TPSA) is 48.4 Å². The van der Waals surface area contributed by atoms with E-state index in [1.165, 1.54) is 13.3 Å². The van der Waals surface area contributed by atoms with Gasteiger partial charge in [0, 0.05) is 11.8 Å². The molecule has 0 aliphatic carbocycles. The van der Waals surface area contributed by atoms with Crippen molar-refractivity contribution in [3.63, 3.8) is 0 Å². The highest BCUT2D eigenvalue weighted by Crippen LogP contribution is 2.34. The number of pyridine rings is 1. The first kappa shape index (κ1) is 10.1. The fourth-order valence-electron chi connectivity index (χ4n) is 1.72. The second-order valence-electron chi connectivity index (χ2n) is 4.02. The fourth-order valence-corrected chi connectivity index (χ4v) is 1.72. The van der Waals surface area contributed by atoms with E-state index in [4.69, 9.17) is 4.74 Å². The van der Waals surface area contributed by atoms with Gasteiger partial charge in [0.15, 0.2) is 0 Å². The molecule has 0 saturated carbocycles. The van der Waals surface area contributed by atoms with E-state index in [-0.39, 0.29) is 11.6 Å². The van der Waals surface area contributed by atoms with Crippen molar-refractivity contribution in [1.82, 2.24) is 4.98 Å². The molecule has 0 aromatic carbocycles. The van der Waals surface area contributed by atoms with Gasteiger partial charge in [-0.25, -0.2) is 4.79 Å². The van der Waals surface area contributed by atoms with E-state index >= 15 is 0 Å². The fraction of sp³-hybridized carbons (Fsp3) is 0.455. The summed E-state index contributed by atoms with van der Waals surface area (Å²) in [7, 11) is 1.36. The van der Waals surface area contributed by atoms with Crippen molar-refractivity contribution in [1.29, 1.82) is 0 Å². The smallest absolute Gasteiger partial charge is 0.339 e. The second kappa shape index (κ2) is 3.31. The zero-order chi connectivity index (χ0) is 11.1. The number of fused-ring (bicyclic) bond motifs is 1. The van der Waals surface area contributed by atoms with E-state index in [1.807, 2.05) is 13.8 Å². The van der Waals surface area contributed by atoms with Crippen LogP contribution in [0.1, 0.15) is 35.5 Å². The molecule has 1 aliphatic heterocycles. The van der Waals surface area contributed by atoms with Crippen LogP contribution in [0.4, 0.5) is 0 Å². The number of rotatable bonds is 1. The van der Waals surface area contributed by atoms with Gasteiger partial charge in [0.05, 0.1) is 25.0 Å². The molecule has 0 saturated heterocycles. The van der Waals surface area contributed by atoms with Crippen molar-refractivity contribution >= 4 is 5.97 Å². The Morgan fingerprint density at radius 1 is 1.60 bits per heavy atom. The zero-order valence-electron chi connectivity index (χ0n) is 9.03. The van der Waals surface area contributed by atoms with E-state index in [1.54, 1.807) is 6.07 Å². The second-order valence-corrected chi connectivity index (χ2v) is 4.02. The lowest BCUT2D eigenvalue weighted by molar-refractivity contribution is -0.0101. The minimum absolute atomic E-state index is 0.357. The average molecular weight is 207 g/mol. The highest BCUT2D eigenvalue weighted by molar-refractivity contribution is 5.89. The van der Waals surface area contributed by atoms with Gasteiger partial charge >= 0.3 is 5.97 Å². The molecule has 4 nitrogen and oxygen atoms in total. The van der Waals surface area contributed by atoms with Crippen molar-refractivity contribution in [3.05, 3.63) is 29.1 Å². The summed E-state index contributed by atoms with van der Waals surface area (Å²) in [4.78, 5) is 15.5. The van der Waals surface area contributed by atoms with Crippen LogP contribution in [-0.2, 0) is 21.7 Å². The van der Waals surface area contributed by atoms with Gasteiger partial charge in [-0.15, -0.1) is 0 Å². The van der Waals surface area contributed by atoms with Crippen LogP contribution < -0.4 is 0 Å². The lowest BCUT2D eigenvalue weighted by Gasteiger charge is -2.16. The maximum Gasteiger partial charge on any atom is 0.339 e. The van der Waals surface area contributed by atoms with E-state index < -0.39 is 0 Å². The number of methoxy groups -OCH3 is 1.